The van der Waals surface area contributed by atoms with Gasteiger partial charge in [0.05, 0.1) is 13.2 Å². The van der Waals surface area contributed by atoms with Gasteiger partial charge in [0.15, 0.2) is 0 Å². The molecular formula is C22H21NO. The molecule has 1 heterocycles. The Morgan fingerprint density at radius 3 is 2.25 bits per heavy atom. The fourth-order valence-electron chi connectivity index (χ4n) is 3.39. The molecule has 0 atom stereocenters. The van der Waals surface area contributed by atoms with Crippen LogP contribution in [0, 0.1) is 0 Å². The standard InChI is InChI=1S/C22H21NO/c1-2-23-21-11-7-6-10-19(21)20-14-18(12-13-22(20)23)16-24-15-17-8-4-3-5-9-17/h3-14H,2,15-16H2,1H3. The second kappa shape index (κ2) is 6.50. The van der Waals surface area contributed by atoms with E-state index in [4.69, 9.17) is 4.74 Å². The van der Waals surface area contributed by atoms with Crippen LogP contribution in [0.1, 0.15) is 18.1 Å². The lowest BCUT2D eigenvalue weighted by atomic mass is 10.1. The minimum Gasteiger partial charge on any atom is -0.372 e. The van der Waals surface area contributed by atoms with Crippen molar-refractivity contribution in [1.29, 1.82) is 0 Å². The molecule has 2 heteroatoms. The van der Waals surface area contributed by atoms with Gasteiger partial charge in [-0.25, -0.2) is 0 Å². The summed E-state index contributed by atoms with van der Waals surface area (Å²) >= 11 is 0. The van der Waals surface area contributed by atoms with Crippen LogP contribution in [0.25, 0.3) is 21.8 Å². The summed E-state index contributed by atoms with van der Waals surface area (Å²) in [6.07, 6.45) is 0. The third-order valence-corrected chi connectivity index (χ3v) is 4.53. The Kier molecular flexibility index (Phi) is 4.06. The largest absolute Gasteiger partial charge is 0.372 e. The van der Waals surface area contributed by atoms with Gasteiger partial charge in [0.2, 0.25) is 0 Å². The maximum absolute atomic E-state index is 5.89. The van der Waals surface area contributed by atoms with E-state index in [9.17, 15) is 0 Å². The molecule has 0 fully saturated rings. The number of nitrogens with zero attached hydrogens (tertiary/aromatic N) is 1. The number of hydrogen-bond acceptors (Lipinski definition) is 1. The molecule has 4 rings (SSSR count). The normalized spacial score (nSPS) is 11.4. The lowest BCUT2D eigenvalue weighted by Gasteiger charge is -2.06. The highest BCUT2D eigenvalue weighted by atomic mass is 16.5. The number of fused-ring (bicyclic) bond motifs is 3. The monoisotopic (exact) mass is 315 g/mol. The Labute approximate surface area is 142 Å². The summed E-state index contributed by atoms with van der Waals surface area (Å²) in [5, 5.41) is 2.63. The zero-order valence-corrected chi connectivity index (χ0v) is 13.9. The molecule has 0 aliphatic rings. The molecule has 120 valence electrons. The first-order chi connectivity index (χ1) is 11.9. The van der Waals surface area contributed by atoms with Gasteiger partial charge >= 0.3 is 0 Å². The average Bonchev–Trinajstić information content (AvgIpc) is 2.96. The second-order valence-electron chi connectivity index (χ2n) is 6.09. The van der Waals surface area contributed by atoms with Crippen LogP contribution in [0.5, 0.6) is 0 Å². The van der Waals surface area contributed by atoms with Gasteiger partial charge in [0, 0.05) is 28.4 Å². The van der Waals surface area contributed by atoms with Crippen LogP contribution in [-0.4, -0.2) is 4.57 Å². The maximum atomic E-state index is 5.89. The van der Waals surface area contributed by atoms with Crippen LogP contribution in [-0.2, 0) is 24.5 Å². The number of aromatic nitrogens is 1. The molecule has 0 aliphatic heterocycles. The predicted molar refractivity (Wildman–Crippen MR) is 100 cm³/mol. The fraction of sp³-hybridized carbons (Fsp3) is 0.182. The third kappa shape index (κ3) is 2.70. The van der Waals surface area contributed by atoms with E-state index >= 15 is 0 Å². The van der Waals surface area contributed by atoms with Crippen molar-refractivity contribution in [2.24, 2.45) is 0 Å². The molecule has 0 saturated carbocycles. The summed E-state index contributed by atoms with van der Waals surface area (Å²) in [6, 6.07) is 25.6. The van der Waals surface area contributed by atoms with Crippen LogP contribution < -0.4 is 0 Å². The molecule has 0 aliphatic carbocycles. The molecule has 24 heavy (non-hydrogen) atoms. The molecule has 0 radical (unpaired) electrons. The van der Waals surface area contributed by atoms with Crippen molar-refractivity contribution in [3.63, 3.8) is 0 Å². The van der Waals surface area contributed by atoms with E-state index in [1.165, 1.54) is 32.9 Å². The zero-order valence-electron chi connectivity index (χ0n) is 13.9. The van der Waals surface area contributed by atoms with Crippen LogP contribution in [0.3, 0.4) is 0 Å². The molecule has 0 unspecified atom stereocenters. The van der Waals surface area contributed by atoms with Gasteiger partial charge in [-0.1, -0.05) is 54.6 Å². The van der Waals surface area contributed by atoms with E-state index < -0.39 is 0 Å². The number of para-hydroxylation sites is 1. The van der Waals surface area contributed by atoms with E-state index in [-0.39, 0.29) is 0 Å². The Bertz CT molecular complexity index is 969. The van der Waals surface area contributed by atoms with Crippen molar-refractivity contribution in [2.75, 3.05) is 0 Å². The Morgan fingerprint density at radius 2 is 1.42 bits per heavy atom. The third-order valence-electron chi connectivity index (χ3n) is 4.53. The van der Waals surface area contributed by atoms with Crippen molar-refractivity contribution < 1.29 is 4.74 Å². The summed E-state index contributed by atoms with van der Waals surface area (Å²) < 4.78 is 8.27. The Morgan fingerprint density at radius 1 is 0.708 bits per heavy atom. The molecule has 0 bridgehead atoms. The minimum atomic E-state index is 0.635. The highest BCUT2D eigenvalue weighted by molar-refractivity contribution is 6.08. The summed E-state index contributed by atoms with van der Waals surface area (Å²) in [5.41, 5.74) is 5.03. The number of hydrogen-bond donors (Lipinski definition) is 0. The van der Waals surface area contributed by atoms with Crippen LogP contribution >= 0.6 is 0 Å². The molecule has 0 spiro atoms. The van der Waals surface area contributed by atoms with Crippen LogP contribution in [0.15, 0.2) is 72.8 Å². The first kappa shape index (κ1) is 15.0. The summed E-state index contributed by atoms with van der Waals surface area (Å²) in [4.78, 5) is 0. The van der Waals surface area contributed by atoms with Crippen LogP contribution in [0.4, 0.5) is 0 Å². The van der Waals surface area contributed by atoms with Gasteiger partial charge < -0.3 is 9.30 Å². The van der Waals surface area contributed by atoms with Crippen molar-refractivity contribution in [1.82, 2.24) is 4.57 Å². The Hall–Kier alpha value is -2.58. The average molecular weight is 315 g/mol. The number of benzene rings is 3. The first-order valence-corrected chi connectivity index (χ1v) is 8.48. The lowest BCUT2D eigenvalue weighted by molar-refractivity contribution is 0.107. The van der Waals surface area contributed by atoms with E-state index in [1.807, 2.05) is 18.2 Å². The number of aryl methyl sites for hydroxylation is 1. The Balaban J connectivity index is 1.62. The summed E-state index contributed by atoms with van der Waals surface area (Å²) in [6.45, 7) is 4.46. The van der Waals surface area contributed by atoms with Crippen molar-refractivity contribution in [3.05, 3.63) is 83.9 Å². The van der Waals surface area contributed by atoms with E-state index in [0.717, 1.165) is 6.54 Å². The van der Waals surface area contributed by atoms with Crippen molar-refractivity contribution in [2.45, 2.75) is 26.7 Å². The number of rotatable bonds is 5. The molecule has 2 nitrogen and oxygen atoms in total. The smallest absolute Gasteiger partial charge is 0.0721 e. The summed E-state index contributed by atoms with van der Waals surface area (Å²) in [7, 11) is 0. The molecule has 4 aromatic rings. The lowest BCUT2D eigenvalue weighted by Crippen LogP contribution is -1.95. The molecular weight excluding hydrogens is 294 g/mol. The minimum absolute atomic E-state index is 0.635. The van der Waals surface area contributed by atoms with Crippen molar-refractivity contribution in [3.8, 4) is 0 Å². The molecule has 0 N–H and O–H groups in total. The number of ether oxygens (including phenoxy) is 1. The van der Waals surface area contributed by atoms with Gasteiger partial charge in [0.1, 0.15) is 0 Å². The van der Waals surface area contributed by atoms with Gasteiger partial charge in [-0.15, -0.1) is 0 Å². The quantitative estimate of drug-likeness (QED) is 0.472. The molecule has 3 aromatic carbocycles. The second-order valence-corrected chi connectivity index (χ2v) is 6.09. The molecule has 1 aromatic heterocycles. The van der Waals surface area contributed by atoms with Gasteiger partial charge in [-0.3, -0.25) is 0 Å². The highest BCUT2D eigenvalue weighted by Gasteiger charge is 2.09. The summed E-state index contributed by atoms with van der Waals surface area (Å²) in [5.74, 6) is 0. The molecule has 0 amide bonds. The zero-order chi connectivity index (χ0) is 16.4. The van der Waals surface area contributed by atoms with E-state index in [2.05, 4.69) is 66.1 Å². The van der Waals surface area contributed by atoms with E-state index in [1.54, 1.807) is 0 Å². The topological polar surface area (TPSA) is 14.2 Å². The van der Waals surface area contributed by atoms with E-state index in [0.29, 0.717) is 13.2 Å². The highest BCUT2D eigenvalue weighted by Crippen LogP contribution is 2.29. The predicted octanol–water partition coefficient (Wildman–Crippen LogP) is 5.53. The molecule has 0 saturated heterocycles. The first-order valence-electron chi connectivity index (χ1n) is 8.48. The SMILES string of the molecule is CCn1c2ccccc2c2cc(COCc3ccccc3)ccc21. The van der Waals surface area contributed by atoms with Gasteiger partial charge in [-0.2, -0.15) is 0 Å². The van der Waals surface area contributed by atoms with Crippen molar-refractivity contribution >= 4 is 21.8 Å². The maximum Gasteiger partial charge on any atom is 0.0721 e. The fourth-order valence-corrected chi connectivity index (χ4v) is 3.39. The van der Waals surface area contributed by atoms with Crippen LogP contribution in [0.2, 0.25) is 0 Å². The van der Waals surface area contributed by atoms with Gasteiger partial charge in [0.25, 0.3) is 0 Å². The van der Waals surface area contributed by atoms with Gasteiger partial charge in [-0.05, 0) is 36.2 Å².